The van der Waals surface area contributed by atoms with E-state index in [0.717, 1.165) is 0 Å². The normalized spacial score (nSPS) is 12.5. The van der Waals surface area contributed by atoms with Crippen LogP contribution in [-0.4, -0.2) is 19.6 Å². The van der Waals surface area contributed by atoms with Gasteiger partial charge in [0.1, 0.15) is 6.61 Å². The molecule has 0 unspecified atom stereocenters. The Labute approximate surface area is 101 Å². The molecule has 0 saturated carbocycles. The lowest BCUT2D eigenvalue weighted by molar-refractivity contribution is -0.384. The van der Waals surface area contributed by atoms with Gasteiger partial charge >= 0.3 is 0 Å². The molecule has 7 heteroatoms. The van der Waals surface area contributed by atoms with Crippen LogP contribution in [-0.2, 0) is 13.2 Å². The summed E-state index contributed by atoms with van der Waals surface area (Å²) in [6, 6.07) is 4.41. The number of ether oxygens (including phenoxy) is 1. The molecule has 1 N–H and O–H groups in total. The number of rotatable bonds is 2. The summed E-state index contributed by atoms with van der Waals surface area (Å²) in [5.41, 5.74) is 1.22. The quantitative estimate of drug-likeness (QED) is 0.635. The zero-order chi connectivity index (χ0) is 12.7. The van der Waals surface area contributed by atoms with Gasteiger partial charge in [-0.15, -0.1) is 0 Å². The molecule has 0 aliphatic carbocycles. The maximum Gasteiger partial charge on any atom is 0.273 e. The summed E-state index contributed by atoms with van der Waals surface area (Å²) < 4.78 is 7.20. The highest BCUT2D eigenvalue weighted by molar-refractivity contribution is 5.55. The number of hydrogen-bond donors (Lipinski definition) is 1. The van der Waals surface area contributed by atoms with E-state index in [1.165, 1.54) is 12.1 Å². The van der Waals surface area contributed by atoms with Gasteiger partial charge in [-0.05, 0) is 6.07 Å². The summed E-state index contributed by atoms with van der Waals surface area (Å²) in [5.74, 6) is 1.11. The fraction of sp³-hybridized carbons (Fsp3) is 0.182. The number of imidazole rings is 1. The van der Waals surface area contributed by atoms with Crippen molar-refractivity contribution in [3.05, 3.63) is 46.0 Å². The first-order valence-electron chi connectivity index (χ1n) is 5.28. The third kappa shape index (κ3) is 1.52. The maximum absolute atomic E-state index is 10.7. The summed E-state index contributed by atoms with van der Waals surface area (Å²) in [6.07, 6.45) is 1.70. The number of fused-ring (bicyclic) bond motifs is 3. The molecule has 92 valence electrons. The summed E-state index contributed by atoms with van der Waals surface area (Å²) in [4.78, 5) is 14.4. The second-order valence-corrected chi connectivity index (χ2v) is 3.87. The molecular weight excluding hydrogens is 238 g/mol. The summed E-state index contributed by atoms with van der Waals surface area (Å²) in [7, 11) is 0. The highest BCUT2D eigenvalue weighted by atomic mass is 16.6. The third-order valence-corrected chi connectivity index (χ3v) is 2.76. The van der Waals surface area contributed by atoms with Crippen molar-refractivity contribution < 1.29 is 14.8 Å². The number of aliphatic hydroxyl groups excluding tert-OH is 1. The molecule has 1 aromatic carbocycles. The molecule has 1 aliphatic heterocycles. The van der Waals surface area contributed by atoms with Crippen molar-refractivity contribution in [1.29, 1.82) is 0 Å². The van der Waals surface area contributed by atoms with E-state index in [2.05, 4.69) is 4.98 Å². The number of aliphatic hydroxyl groups is 1. The molecule has 0 radical (unpaired) electrons. The molecule has 3 rings (SSSR count). The second-order valence-electron chi connectivity index (χ2n) is 3.87. The zero-order valence-corrected chi connectivity index (χ0v) is 9.24. The molecule has 0 atom stereocenters. The van der Waals surface area contributed by atoms with Gasteiger partial charge in [-0.3, -0.25) is 14.7 Å². The number of non-ortho nitro benzene ring substituents is 1. The molecule has 1 aliphatic rings. The van der Waals surface area contributed by atoms with Crippen LogP contribution in [0.1, 0.15) is 11.5 Å². The Hall–Kier alpha value is -2.41. The van der Waals surface area contributed by atoms with E-state index in [9.17, 15) is 10.1 Å². The predicted octanol–water partition coefficient (Wildman–Crippen LogP) is 1.17. The minimum atomic E-state index is -0.466. The minimum absolute atomic E-state index is 0.0142. The fourth-order valence-corrected chi connectivity index (χ4v) is 1.93. The number of nitro groups is 1. The summed E-state index contributed by atoms with van der Waals surface area (Å²) in [5, 5.41) is 19.7. The first-order chi connectivity index (χ1) is 8.69. The average Bonchev–Trinajstić information content (AvgIpc) is 2.81. The van der Waals surface area contributed by atoms with Crippen LogP contribution in [0, 0.1) is 10.1 Å². The van der Waals surface area contributed by atoms with Crippen molar-refractivity contribution in [2.75, 3.05) is 0 Å². The van der Waals surface area contributed by atoms with Crippen molar-refractivity contribution in [3.63, 3.8) is 0 Å². The van der Waals surface area contributed by atoms with E-state index in [-0.39, 0.29) is 18.9 Å². The average molecular weight is 247 g/mol. The molecule has 0 fully saturated rings. The minimum Gasteiger partial charge on any atom is -0.483 e. The Kier molecular flexibility index (Phi) is 2.27. The van der Waals surface area contributed by atoms with Crippen LogP contribution in [0.3, 0.4) is 0 Å². The molecule has 2 aromatic rings. The number of benzene rings is 1. The Morgan fingerprint density at radius 2 is 2.39 bits per heavy atom. The van der Waals surface area contributed by atoms with E-state index >= 15 is 0 Å². The van der Waals surface area contributed by atoms with Crippen LogP contribution in [0.4, 0.5) is 5.69 Å². The SMILES string of the molecule is O=[N+]([O-])c1ccc2c(c1)OCc1nc(CO)cn1-2. The largest absolute Gasteiger partial charge is 0.483 e. The van der Waals surface area contributed by atoms with Crippen molar-refractivity contribution in [1.82, 2.24) is 9.55 Å². The van der Waals surface area contributed by atoms with Gasteiger partial charge in [-0.1, -0.05) is 0 Å². The highest BCUT2D eigenvalue weighted by Crippen LogP contribution is 2.32. The van der Waals surface area contributed by atoms with Gasteiger partial charge in [-0.25, -0.2) is 4.98 Å². The number of nitrogens with zero attached hydrogens (tertiary/aromatic N) is 3. The van der Waals surface area contributed by atoms with Crippen LogP contribution < -0.4 is 4.74 Å². The van der Waals surface area contributed by atoms with Crippen LogP contribution in [0.25, 0.3) is 5.69 Å². The summed E-state index contributed by atoms with van der Waals surface area (Å²) >= 11 is 0. The highest BCUT2D eigenvalue weighted by Gasteiger charge is 2.21. The van der Waals surface area contributed by atoms with Gasteiger partial charge in [0.15, 0.2) is 11.6 Å². The molecule has 0 spiro atoms. The van der Waals surface area contributed by atoms with Crippen molar-refractivity contribution >= 4 is 5.69 Å². The molecule has 0 amide bonds. The molecule has 0 bridgehead atoms. The molecule has 1 aromatic heterocycles. The van der Waals surface area contributed by atoms with Gasteiger partial charge < -0.3 is 9.84 Å². The van der Waals surface area contributed by atoms with E-state index in [1.807, 2.05) is 0 Å². The van der Waals surface area contributed by atoms with Crippen LogP contribution >= 0.6 is 0 Å². The predicted molar refractivity (Wildman–Crippen MR) is 60.5 cm³/mol. The fourth-order valence-electron chi connectivity index (χ4n) is 1.93. The van der Waals surface area contributed by atoms with Gasteiger partial charge in [0, 0.05) is 12.3 Å². The Balaban J connectivity index is 2.13. The van der Waals surface area contributed by atoms with E-state index in [0.29, 0.717) is 23.0 Å². The Bertz CT molecular complexity index is 635. The molecule has 18 heavy (non-hydrogen) atoms. The lowest BCUT2D eigenvalue weighted by Gasteiger charge is -2.18. The van der Waals surface area contributed by atoms with E-state index in [1.54, 1.807) is 16.8 Å². The standard InChI is InChI=1S/C11H9N3O4/c15-5-7-4-13-9-2-1-8(14(16)17)3-10(9)18-6-11(13)12-7/h1-4,15H,5-6H2. The molecule has 7 nitrogen and oxygen atoms in total. The van der Waals surface area contributed by atoms with Crippen molar-refractivity contribution in [2.24, 2.45) is 0 Å². The van der Waals surface area contributed by atoms with Crippen molar-refractivity contribution in [3.8, 4) is 11.4 Å². The van der Waals surface area contributed by atoms with Crippen LogP contribution in [0.5, 0.6) is 5.75 Å². The van der Waals surface area contributed by atoms with Crippen LogP contribution in [0.2, 0.25) is 0 Å². The summed E-state index contributed by atoms with van der Waals surface area (Å²) in [6.45, 7) is 0.0798. The molecule has 0 saturated heterocycles. The van der Waals surface area contributed by atoms with E-state index < -0.39 is 4.92 Å². The van der Waals surface area contributed by atoms with Gasteiger partial charge in [0.05, 0.1) is 29.0 Å². The van der Waals surface area contributed by atoms with Gasteiger partial charge in [0.25, 0.3) is 5.69 Å². The maximum atomic E-state index is 10.7. The Morgan fingerprint density at radius 3 is 3.11 bits per heavy atom. The lowest BCUT2D eigenvalue weighted by Crippen LogP contribution is -2.12. The van der Waals surface area contributed by atoms with Crippen molar-refractivity contribution in [2.45, 2.75) is 13.2 Å². The number of nitro benzene ring substituents is 1. The molecular formula is C11H9N3O4. The Morgan fingerprint density at radius 1 is 1.56 bits per heavy atom. The van der Waals surface area contributed by atoms with Gasteiger partial charge in [0.2, 0.25) is 0 Å². The third-order valence-electron chi connectivity index (χ3n) is 2.76. The lowest BCUT2D eigenvalue weighted by atomic mass is 10.2. The zero-order valence-electron chi connectivity index (χ0n) is 9.24. The topological polar surface area (TPSA) is 90.4 Å². The van der Waals surface area contributed by atoms with Crippen LogP contribution in [0.15, 0.2) is 24.4 Å². The monoisotopic (exact) mass is 247 g/mol. The number of aromatic nitrogens is 2. The number of hydrogen-bond acceptors (Lipinski definition) is 5. The molecule has 2 heterocycles. The van der Waals surface area contributed by atoms with E-state index in [4.69, 9.17) is 9.84 Å². The van der Waals surface area contributed by atoms with Gasteiger partial charge in [-0.2, -0.15) is 0 Å². The second kappa shape index (κ2) is 3.81. The smallest absolute Gasteiger partial charge is 0.273 e. The first kappa shape index (κ1) is 10.7. The first-order valence-corrected chi connectivity index (χ1v) is 5.28.